The molecule has 1 aliphatic rings. The second-order valence-corrected chi connectivity index (χ2v) is 10.4. The Kier molecular flexibility index (Phi) is 3.18. The fourth-order valence-electron chi connectivity index (χ4n) is 2.01. The summed E-state index contributed by atoms with van der Waals surface area (Å²) in [5.74, 6) is -0.0850. The van der Waals surface area contributed by atoms with Crippen molar-refractivity contribution >= 4 is 19.8 Å². The molecule has 0 spiro atoms. The second kappa shape index (κ2) is 3.93. The third-order valence-electron chi connectivity index (χ3n) is 3.21. The molecule has 0 saturated heterocycles. The van der Waals surface area contributed by atoms with Crippen LogP contribution in [0.5, 0.6) is 0 Å². The molecule has 3 nitrogen and oxygen atoms in total. The average Bonchev–Trinajstić information content (AvgIpc) is 2.16. The van der Waals surface area contributed by atoms with Gasteiger partial charge in [-0.2, -0.15) is 0 Å². The predicted molar refractivity (Wildman–Crippen MR) is 61.4 cm³/mol. The molecule has 0 heterocycles. The van der Waals surface area contributed by atoms with Gasteiger partial charge in [-0.1, -0.05) is 25.7 Å². The van der Waals surface area contributed by atoms with Gasteiger partial charge >= 0.3 is 5.97 Å². The first-order valence-electron chi connectivity index (χ1n) is 5.14. The third kappa shape index (κ3) is 2.04. The van der Waals surface area contributed by atoms with Gasteiger partial charge in [-0.25, -0.2) is 0 Å². The van der Waals surface area contributed by atoms with Gasteiger partial charge in [0, 0.05) is 6.42 Å². The Morgan fingerprint density at radius 1 is 1.47 bits per heavy atom. The van der Waals surface area contributed by atoms with Crippen LogP contribution in [0.3, 0.4) is 0 Å². The largest absolute Gasteiger partial charge is 0.469 e. The Labute approximate surface area is 91.5 Å². The first kappa shape index (κ1) is 12.2. The molecule has 0 radical (unpaired) electrons. The number of carbonyl (C=O) groups is 2. The quantitative estimate of drug-likeness (QED) is 0.535. The number of ether oxygens (including phenoxy) is 1. The smallest absolute Gasteiger partial charge is 0.312 e. The van der Waals surface area contributed by atoms with Gasteiger partial charge in [0.25, 0.3) is 0 Å². The van der Waals surface area contributed by atoms with Crippen molar-refractivity contribution in [2.45, 2.75) is 37.5 Å². The van der Waals surface area contributed by atoms with Crippen LogP contribution in [-0.2, 0) is 14.3 Å². The lowest BCUT2D eigenvalue weighted by atomic mass is 9.94. The molecule has 0 N–H and O–H groups in total. The molecule has 1 rings (SSSR count). The highest BCUT2D eigenvalue weighted by Crippen LogP contribution is 2.47. The fourth-order valence-corrected chi connectivity index (χ4v) is 4.18. The number of ketones is 1. The van der Waals surface area contributed by atoms with E-state index in [4.69, 9.17) is 4.74 Å². The topological polar surface area (TPSA) is 43.4 Å². The summed E-state index contributed by atoms with van der Waals surface area (Å²) >= 11 is 0. The van der Waals surface area contributed by atoms with Gasteiger partial charge in [0.2, 0.25) is 0 Å². The van der Waals surface area contributed by atoms with E-state index in [9.17, 15) is 9.59 Å². The lowest BCUT2D eigenvalue weighted by Crippen LogP contribution is -2.46. The van der Waals surface area contributed by atoms with E-state index < -0.39 is 13.1 Å². The minimum atomic E-state index is -1.73. The maximum Gasteiger partial charge on any atom is 0.312 e. The summed E-state index contributed by atoms with van der Waals surface area (Å²) in [6, 6.07) is 0. The normalized spacial score (nSPS) is 26.5. The zero-order valence-electron chi connectivity index (χ0n) is 9.79. The Bertz CT molecular complexity index is 314. The molecule has 0 bridgehead atoms. The first-order chi connectivity index (χ1) is 6.83. The minimum absolute atomic E-state index is 0.104. The van der Waals surface area contributed by atoms with E-state index in [2.05, 4.69) is 19.6 Å². The van der Waals surface area contributed by atoms with Gasteiger partial charge in [0.15, 0.2) is 5.78 Å². The van der Waals surface area contributed by atoms with Gasteiger partial charge < -0.3 is 4.74 Å². The van der Waals surface area contributed by atoms with Crippen molar-refractivity contribution in [3.8, 4) is 0 Å². The third-order valence-corrected chi connectivity index (χ3v) is 6.50. The van der Waals surface area contributed by atoms with Crippen LogP contribution in [0.15, 0.2) is 12.2 Å². The van der Waals surface area contributed by atoms with Crippen molar-refractivity contribution in [1.29, 1.82) is 0 Å². The van der Waals surface area contributed by atoms with Crippen molar-refractivity contribution < 1.29 is 14.3 Å². The number of esters is 1. The van der Waals surface area contributed by atoms with E-state index >= 15 is 0 Å². The first-order valence-corrected chi connectivity index (χ1v) is 8.64. The van der Waals surface area contributed by atoms with Crippen molar-refractivity contribution in [3.63, 3.8) is 0 Å². The standard InChI is InChI=1S/C11H18O3Si/c1-14-10(13)11(15(2,3)4)7-5-9(12)6-8-11/h5,7H,6,8H2,1-4H3. The van der Waals surface area contributed by atoms with Gasteiger partial charge in [-0.05, 0) is 12.5 Å². The highest BCUT2D eigenvalue weighted by atomic mass is 28.3. The molecule has 1 atom stereocenters. The highest BCUT2D eigenvalue weighted by molar-refractivity contribution is 6.83. The van der Waals surface area contributed by atoms with Gasteiger partial charge in [0.1, 0.15) is 0 Å². The van der Waals surface area contributed by atoms with Crippen molar-refractivity contribution in [2.75, 3.05) is 7.11 Å². The Hall–Kier alpha value is -0.903. The summed E-state index contributed by atoms with van der Waals surface area (Å²) in [4.78, 5) is 23.1. The number of hydrogen-bond acceptors (Lipinski definition) is 3. The van der Waals surface area contributed by atoms with E-state index in [1.54, 1.807) is 12.2 Å². The molecule has 0 saturated carbocycles. The highest BCUT2D eigenvalue weighted by Gasteiger charge is 2.49. The lowest BCUT2D eigenvalue weighted by Gasteiger charge is -2.40. The molecule has 0 fully saturated rings. The van der Waals surface area contributed by atoms with Crippen LogP contribution in [0, 0.1) is 0 Å². The molecule has 0 aromatic heterocycles. The molecule has 0 aromatic carbocycles. The molecular formula is C11H18O3Si. The zero-order chi connectivity index (χ0) is 11.7. The summed E-state index contributed by atoms with van der Waals surface area (Å²) in [5, 5.41) is -0.518. The molecule has 15 heavy (non-hydrogen) atoms. The monoisotopic (exact) mass is 226 g/mol. The van der Waals surface area contributed by atoms with Crippen molar-refractivity contribution in [3.05, 3.63) is 12.2 Å². The van der Waals surface area contributed by atoms with E-state index in [0.29, 0.717) is 12.8 Å². The van der Waals surface area contributed by atoms with Crippen LogP contribution in [0.2, 0.25) is 24.7 Å². The molecule has 1 unspecified atom stereocenters. The summed E-state index contributed by atoms with van der Waals surface area (Å²) < 4.78 is 4.89. The Balaban J connectivity index is 3.15. The number of rotatable bonds is 2. The lowest BCUT2D eigenvalue weighted by molar-refractivity contribution is -0.143. The second-order valence-electron chi connectivity index (χ2n) is 5.01. The molecule has 0 aliphatic heterocycles. The van der Waals surface area contributed by atoms with E-state index in [0.717, 1.165) is 0 Å². The van der Waals surface area contributed by atoms with E-state index in [1.165, 1.54) is 7.11 Å². The van der Waals surface area contributed by atoms with E-state index in [-0.39, 0.29) is 11.8 Å². The Morgan fingerprint density at radius 3 is 2.40 bits per heavy atom. The maximum absolute atomic E-state index is 11.9. The number of allylic oxidation sites excluding steroid dienone is 1. The Morgan fingerprint density at radius 2 is 2.07 bits per heavy atom. The molecule has 0 aromatic rings. The van der Waals surface area contributed by atoms with E-state index in [1.807, 2.05) is 0 Å². The van der Waals surface area contributed by atoms with Crippen molar-refractivity contribution in [1.82, 2.24) is 0 Å². The van der Waals surface area contributed by atoms with Crippen LogP contribution in [0.25, 0.3) is 0 Å². The van der Waals surface area contributed by atoms with Crippen LogP contribution in [-0.4, -0.2) is 26.9 Å². The van der Waals surface area contributed by atoms with Crippen LogP contribution < -0.4 is 0 Å². The average molecular weight is 226 g/mol. The van der Waals surface area contributed by atoms with Crippen LogP contribution >= 0.6 is 0 Å². The van der Waals surface area contributed by atoms with Crippen molar-refractivity contribution in [2.24, 2.45) is 0 Å². The summed E-state index contributed by atoms with van der Waals surface area (Å²) in [5.41, 5.74) is 0. The summed E-state index contributed by atoms with van der Waals surface area (Å²) in [6.45, 7) is 6.39. The zero-order valence-corrected chi connectivity index (χ0v) is 10.8. The predicted octanol–water partition coefficient (Wildman–Crippen LogP) is 2.16. The van der Waals surface area contributed by atoms with Gasteiger partial charge in [-0.15, -0.1) is 0 Å². The van der Waals surface area contributed by atoms with Crippen LogP contribution in [0.1, 0.15) is 12.8 Å². The van der Waals surface area contributed by atoms with Gasteiger partial charge in [0.05, 0.1) is 20.2 Å². The van der Waals surface area contributed by atoms with Gasteiger partial charge in [-0.3, -0.25) is 9.59 Å². The molecule has 4 heteroatoms. The number of carbonyl (C=O) groups excluding carboxylic acids is 2. The fraction of sp³-hybridized carbons (Fsp3) is 0.636. The maximum atomic E-state index is 11.9. The molecule has 84 valence electrons. The number of methoxy groups -OCH3 is 1. The van der Waals surface area contributed by atoms with Crippen LogP contribution in [0.4, 0.5) is 0 Å². The number of hydrogen-bond donors (Lipinski definition) is 0. The summed E-state index contributed by atoms with van der Waals surface area (Å²) in [7, 11) is -0.323. The molecule has 0 amide bonds. The summed E-state index contributed by atoms with van der Waals surface area (Å²) in [6.07, 6.45) is 4.37. The molecular weight excluding hydrogens is 208 g/mol. The molecule has 1 aliphatic carbocycles. The minimum Gasteiger partial charge on any atom is -0.469 e. The SMILES string of the molecule is COC(=O)C1([Si](C)(C)C)C=CC(=O)CC1.